The third-order valence-corrected chi connectivity index (χ3v) is 7.88. The number of halogens is 1. The van der Waals surface area contributed by atoms with E-state index in [-0.39, 0.29) is 30.2 Å². The van der Waals surface area contributed by atoms with Crippen LogP contribution in [-0.2, 0) is 6.54 Å². The van der Waals surface area contributed by atoms with Crippen molar-refractivity contribution < 1.29 is 41.2 Å². The van der Waals surface area contributed by atoms with Gasteiger partial charge in [0.25, 0.3) is 5.01 Å². The number of anilines is 1. The Balaban J connectivity index is 0.00000342. The molecule has 188 valence electrons. The number of hydrogen-bond donors (Lipinski definition) is 2. The highest BCUT2D eigenvalue weighted by Crippen LogP contribution is 2.47. The summed E-state index contributed by atoms with van der Waals surface area (Å²) in [5, 5.41) is 21.1. The Bertz CT molecular complexity index is 1230. The number of hydrogen-bond acceptors (Lipinski definition) is 7. The van der Waals surface area contributed by atoms with Gasteiger partial charge < -0.3 is 41.6 Å². The van der Waals surface area contributed by atoms with E-state index in [2.05, 4.69) is 52.8 Å². The van der Waals surface area contributed by atoms with E-state index >= 15 is 0 Å². The van der Waals surface area contributed by atoms with E-state index in [1.165, 1.54) is 9.60 Å². The fraction of sp³-hybridized carbons (Fsp3) is 0.346. The zero-order chi connectivity index (χ0) is 24.1. The van der Waals surface area contributed by atoms with E-state index in [1.54, 1.807) is 37.3 Å². The number of allylic oxidation sites excluding steroid dienone is 2. The molecule has 0 bridgehead atoms. The number of benzene rings is 2. The second-order valence-electron chi connectivity index (χ2n) is 8.04. The summed E-state index contributed by atoms with van der Waals surface area (Å²) >= 11 is 3.47. The molecular weight excluding hydrogens is 548 g/mol. The average molecular weight is 580 g/mol. The largest absolute Gasteiger partial charge is 1.00 e. The van der Waals surface area contributed by atoms with Gasteiger partial charge in [-0.3, -0.25) is 0 Å². The summed E-state index contributed by atoms with van der Waals surface area (Å²) in [5.74, 6) is 1.65. The number of aliphatic hydroxyl groups excluding tert-OH is 2. The number of aryl methyl sites for hydroxylation is 1. The molecule has 1 aliphatic rings. The van der Waals surface area contributed by atoms with Crippen LogP contribution in [0.1, 0.15) is 24.8 Å². The first kappa shape index (κ1) is 27.5. The molecule has 9 heteroatoms. The van der Waals surface area contributed by atoms with Crippen LogP contribution in [0, 0.1) is 0 Å². The molecule has 0 spiro atoms. The molecular formula is C26H31BrN2O4S2. The quantitative estimate of drug-likeness (QED) is 0.358. The second-order valence-corrected chi connectivity index (χ2v) is 10.2. The van der Waals surface area contributed by atoms with E-state index in [9.17, 15) is 10.2 Å². The van der Waals surface area contributed by atoms with Gasteiger partial charge in [0.2, 0.25) is 5.52 Å². The lowest BCUT2D eigenvalue weighted by Gasteiger charge is -2.20. The van der Waals surface area contributed by atoms with Crippen molar-refractivity contribution in [2.24, 2.45) is 0 Å². The Morgan fingerprint density at radius 2 is 1.74 bits per heavy atom. The fourth-order valence-electron chi connectivity index (χ4n) is 3.98. The van der Waals surface area contributed by atoms with Crippen molar-refractivity contribution in [3.63, 3.8) is 0 Å². The van der Waals surface area contributed by atoms with Gasteiger partial charge in [-0.2, -0.15) is 4.57 Å². The van der Waals surface area contributed by atoms with Crippen molar-refractivity contribution in [3.05, 3.63) is 58.1 Å². The van der Waals surface area contributed by atoms with Gasteiger partial charge in [0, 0.05) is 43.2 Å². The van der Waals surface area contributed by atoms with Gasteiger partial charge in [-0.05, 0) is 49.3 Å². The highest BCUT2D eigenvalue weighted by atomic mass is 79.9. The third-order valence-electron chi connectivity index (χ3n) is 5.66. The summed E-state index contributed by atoms with van der Waals surface area (Å²) in [6, 6.07) is 12.3. The van der Waals surface area contributed by atoms with Crippen LogP contribution in [0.2, 0.25) is 0 Å². The SMILES string of the molecule is COc1ccc2c(c1)N(CCCO)C(=CC(C)=Cc1sc3ccc(OC)cc3[n+]1CCCO)S2.[Br-]. The number of thiazole rings is 1. The van der Waals surface area contributed by atoms with Crippen LogP contribution in [0.25, 0.3) is 16.3 Å². The van der Waals surface area contributed by atoms with Crippen molar-refractivity contribution in [1.29, 1.82) is 0 Å². The van der Waals surface area contributed by atoms with Gasteiger partial charge in [-0.1, -0.05) is 23.1 Å². The van der Waals surface area contributed by atoms with Crippen molar-refractivity contribution in [2.45, 2.75) is 31.2 Å². The molecule has 1 aromatic heterocycles. The molecule has 0 unspecified atom stereocenters. The van der Waals surface area contributed by atoms with E-state index < -0.39 is 0 Å². The maximum atomic E-state index is 9.43. The molecule has 3 aromatic rings. The Morgan fingerprint density at radius 1 is 1.03 bits per heavy atom. The van der Waals surface area contributed by atoms with Gasteiger partial charge in [-0.25, -0.2) is 0 Å². The predicted molar refractivity (Wildman–Crippen MR) is 140 cm³/mol. The Hall–Kier alpha value is -2.04. The second kappa shape index (κ2) is 12.8. The Labute approximate surface area is 225 Å². The highest BCUT2D eigenvalue weighted by molar-refractivity contribution is 8.03. The molecule has 6 nitrogen and oxygen atoms in total. The maximum Gasteiger partial charge on any atom is 0.263 e. The van der Waals surface area contributed by atoms with Gasteiger partial charge in [0.15, 0.2) is 6.54 Å². The van der Waals surface area contributed by atoms with E-state index in [0.29, 0.717) is 12.8 Å². The zero-order valence-corrected chi connectivity index (χ0v) is 23.4. The van der Waals surface area contributed by atoms with E-state index in [1.807, 2.05) is 12.1 Å². The number of methoxy groups -OCH3 is 2. The van der Waals surface area contributed by atoms with Crippen LogP contribution < -0.4 is 35.9 Å². The Kier molecular flexibility index (Phi) is 10.1. The molecule has 0 fully saturated rings. The van der Waals surface area contributed by atoms with Crippen LogP contribution in [-0.4, -0.2) is 44.2 Å². The molecule has 0 atom stereocenters. The lowest BCUT2D eigenvalue weighted by Crippen LogP contribution is -3.00. The number of fused-ring (bicyclic) bond motifs is 2. The maximum absolute atomic E-state index is 9.43. The van der Waals surface area contributed by atoms with Crippen molar-refractivity contribution in [3.8, 4) is 11.5 Å². The number of ether oxygens (including phenoxy) is 2. The average Bonchev–Trinajstić information content (AvgIpc) is 3.36. The van der Waals surface area contributed by atoms with E-state index in [4.69, 9.17) is 9.47 Å². The summed E-state index contributed by atoms with van der Waals surface area (Å²) in [7, 11) is 3.36. The summed E-state index contributed by atoms with van der Waals surface area (Å²) in [6.07, 6.45) is 5.79. The smallest absolute Gasteiger partial charge is 0.263 e. The first-order valence-corrected chi connectivity index (χ1v) is 13.0. The minimum Gasteiger partial charge on any atom is -1.00 e. The number of thioether (sulfide) groups is 1. The third kappa shape index (κ3) is 6.21. The highest BCUT2D eigenvalue weighted by Gasteiger charge is 2.26. The van der Waals surface area contributed by atoms with Crippen LogP contribution in [0.5, 0.6) is 11.5 Å². The molecule has 2 N–H and O–H groups in total. The number of rotatable bonds is 10. The number of nitrogens with zero attached hydrogens (tertiary/aromatic N) is 2. The minimum atomic E-state index is 0. The monoisotopic (exact) mass is 578 g/mol. The summed E-state index contributed by atoms with van der Waals surface area (Å²) in [5.41, 5.74) is 3.36. The standard InChI is InChI=1S/C26H31N2O4S2.BrH/c1-18(14-25-27(10-4-12-29)21-16-19(31-2)6-8-23(21)33-25)15-26-28(11-5-13-30)22-17-20(32-3)7-9-24(22)34-26;/h6-9,14-17,29-30H,4-5,10-13H2,1-3H3;1H/q+1;/p-1. The molecule has 0 saturated heterocycles. The van der Waals surface area contributed by atoms with E-state index in [0.717, 1.165) is 51.4 Å². The fourth-order valence-corrected chi connectivity index (χ4v) is 6.34. The summed E-state index contributed by atoms with van der Waals surface area (Å²) in [4.78, 5) is 3.44. The topological polar surface area (TPSA) is 66.0 Å². The normalized spacial score (nSPS) is 14.4. The number of aromatic nitrogens is 1. The molecule has 0 aliphatic carbocycles. The van der Waals surface area contributed by atoms with Gasteiger partial charge in [-0.15, -0.1) is 0 Å². The van der Waals surface area contributed by atoms with Gasteiger partial charge in [0.05, 0.1) is 31.0 Å². The van der Waals surface area contributed by atoms with Gasteiger partial charge in [0.1, 0.15) is 16.2 Å². The number of aliphatic hydroxyl groups is 2. The first-order chi connectivity index (χ1) is 16.6. The molecule has 2 aromatic carbocycles. The van der Waals surface area contributed by atoms with Crippen molar-refractivity contribution in [2.75, 3.05) is 38.9 Å². The predicted octanol–water partition coefficient (Wildman–Crippen LogP) is 1.83. The van der Waals surface area contributed by atoms with Crippen molar-refractivity contribution >= 4 is 45.1 Å². The Morgan fingerprint density at radius 3 is 2.46 bits per heavy atom. The zero-order valence-electron chi connectivity index (χ0n) is 20.2. The summed E-state index contributed by atoms with van der Waals surface area (Å²) < 4.78 is 14.3. The molecule has 4 rings (SSSR count). The van der Waals surface area contributed by atoms with Crippen LogP contribution in [0.15, 0.2) is 58.0 Å². The van der Waals surface area contributed by atoms with Crippen LogP contribution in [0.4, 0.5) is 5.69 Å². The minimum absolute atomic E-state index is 0. The molecule has 0 amide bonds. The molecule has 2 heterocycles. The lowest BCUT2D eigenvalue weighted by atomic mass is 10.2. The molecule has 35 heavy (non-hydrogen) atoms. The first-order valence-electron chi connectivity index (χ1n) is 11.3. The molecule has 1 aliphatic heterocycles. The molecule has 0 saturated carbocycles. The van der Waals surface area contributed by atoms with Crippen molar-refractivity contribution in [1.82, 2.24) is 0 Å². The molecule has 0 radical (unpaired) electrons. The van der Waals surface area contributed by atoms with Crippen LogP contribution in [0.3, 0.4) is 0 Å². The lowest BCUT2D eigenvalue weighted by molar-refractivity contribution is -0.669. The van der Waals surface area contributed by atoms with Gasteiger partial charge >= 0.3 is 0 Å². The van der Waals surface area contributed by atoms with Crippen LogP contribution >= 0.6 is 23.1 Å². The summed E-state index contributed by atoms with van der Waals surface area (Å²) in [6.45, 7) is 3.89.